The molecule has 76 valence electrons. The minimum atomic E-state index is -0.436. The number of thioether (sulfide) groups is 1. The highest BCUT2D eigenvalue weighted by Gasteiger charge is 2.24. The van der Waals surface area contributed by atoms with Gasteiger partial charge < -0.3 is 0 Å². The van der Waals surface area contributed by atoms with Crippen LogP contribution in [0.2, 0.25) is 0 Å². The first-order chi connectivity index (χ1) is 7.15. The molecule has 3 nitrogen and oxygen atoms in total. The summed E-state index contributed by atoms with van der Waals surface area (Å²) in [5, 5.41) is 1.72. The lowest BCUT2D eigenvalue weighted by Gasteiger charge is -1.94. The average Bonchev–Trinajstić information content (AvgIpc) is 2.45. The molecule has 1 aromatic carbocycles. The fourth-order valence-electron chi connectivity index (χ4n) is 1.17. The topological polar surface area (TPSA) is 46.2 Å². The molecule has 1 fully saturated rings. The Hall–Kier alpha value is -1.62. The highest BCUT2D eigenvalue weighted by Crippen LogP contribution is 2.25. The molecule has 0 saturated carbocycles. The lowest BCUT2D eigenvalue weighted by Crippen LogP contribution is -2.17. The summed E-state index contributed by atoms with van der Waals surface area (Å²) in [5.74, 6) is -0.812. The van der Waals surface area contributed by atoms with Crippen molar-refractivity contribution < 1.29 is 14.0 Å². The van der Waals surface area contributed by atoms with Gasteiger partial charge in [0.05, 0.1) is 4.91 Å². The molecule has 1 heterocycles. The van der Waals surface area contributed by atoms with E-state index in [1.807, 2.05) is 0 Å². The molecule has 0 spiro atoms. The molecule has 0 unspecified atom stereocenters. The highest BCUT2D eigenvalue weighted by molar-refractivity contribution is 8.18. The summed E-state index contributed by atoms with van der Waals surface area (Å²) in [4.78, 5) is 22.3. The van der Waals surface area contributed by atoms with Gasteiger partial charge in [0, 0.05) is 0 Å². The quantitative estimate of drug-likeness (QED) is 0.742. The Morgan fingerprint density at radius 1 is 1.33 bits per heavy atom. The summed E-state index contributed by atoms with van der Waals surface area (Å²) in [6.07, 6.45) is 1.48. The Morgan fingerprint density at radius 2 is 2.13 bits per heavy atom. The summed E-state index contributed by atoms with van der Waals surface area (Å²) in [6.45, 7) is 0. The molecule has 5 heteroatoms. The standard InChI is InChI=1S/C10H6FNO2S/c11-7-3-1-2-6(4-7)5-8-9(13)12-10(14)15-8/h1-5H,(H,12,13,14)/b8-5-. The van der Waals surface area contributed by atoms with Gasteiger partial charge in [0.1, 0.15) is 5.82 Å². The number of benzene rings is 1. The SMILES string of the molecule is O=C1NC(=O)/C(=C/c2cccc(F)c2)S1. The second-order valence-corrected chi connectivity index (χ2v) is 3.92. The summed E-state index contributed by atoms with van der Waals surface area (Å²) >= 11 is 0.813. The van der Waals surface area contributed by atoms with Crippen LogP contribution < -0.4 is 5.32 Å². The minimum Gasteiger partial charge on any atom is -0.282 e. The maximum Gasteiger partial charge on any atom is 0.290 e. The molecule has 1 aliphatic heterocycles. The van der Waals surface area contributed by atoms with E-state index in [0.717, 1.165) is 11.8 Å². The van der Waals surface area contributed by atoms with Crippen molar-refractivity contribution in [3.63, 3.8) is 0 Å². The smallest absolute Gasteiger partial charge is 0.282 e. The molecule has 1 aliphatic rings. The normalized spacial score (nSPS) is 18.3. The van der Waals surface area contributed by atoms with Gasteiger partial charge >= 0.3 is 0 Å². The fourth-order valence-corrected chi connectivity index (χ4v) is 1.85. The first kappa shape index (κ1) is 9.92. The number of nitrogens with one attached hydrogen (secondary N) is 1. The predicted molar refractivity (Wildman–Crippen MR) is 55.5 cm³/mol. The predicted octanol–water partition coefficient (Wildman–Crippen LogP) is 2.15. The van der Waals surface area contributed by atoms with Crippen molar-refractivity contribution in [2.75, 3.05) is 0 Å². The van der Waals surface area contributed by atoms with E-state index in [1.54, 1.807) is 12.1 Å². The zero-order chi connectivity index (χ0) is 10.8. The second-order valence-electron chi connectivity index (χ2n) is 2.91. The van der Waals surface area contributed by atoms with Crippen LogP contribution in [0.1, 0.15) is 5.56 Å². The number of hydrogen-bond acceptors (Lipinski definition) is 3. The van der Waals surface area contributed by atoms with Gasteiger partial charge in [-0.3, -0.25) is 14.9 Å². The van der Waals surface area contributed by atoms with Crippen molar-refractivity contribution in [3.05, 3.63) is 40.6 Å². The van der Waals surface area contributed by atoms with Gasteiger partial charge in [0.15, 0.2) is 0 Å². The van der Waals surface area contributed by atoms with E-state index < -0.39 is 11.1 Å². The van der Waals surface area contributed by atoms with Crippen LogP contribution in [0, 0.1) is 5.82 Å². The Bertz CT molecular complexity index is 470. The van der Waals surface area contributed by atoms with E-state index in [2.05, 4.69) is 5.32 Å². The molecular formula is C10H6FNO2S. The lowest BCUT2D eigenvalue weighted by atomic mass is 10.2. The summed E-state index contributed by atoms with van der Waals surface area (Å²) in [7, 11) is 0. The van der Waals surface area contributed by atoms with Crippen LogP contribution in [0.15, 0.2) is 29.2 Å². The Balaban J connectivity index is 2.31. The van der Waals surface area contributed by atoms with Crippen LogP contribution in [0.3, 0.4) is 0 Å². The fraction of sp³-hybridized carbons (Fsp3) is 0. The third-order valence-corrected chi connectivity index (χ3v) is 2.60. The molecule has 0 aromatic heterocycles. The number of imide groups is 1. The van der Waals surface area contributed by atoms with E-state index in [9.17, 15) is 14.0 Å². The van der Waals surface area contributed by atoms with Crippen LogP contribution in [0.4, 0.5) is 9.18 Å². The van der Waals surface area contributed by atoms with E-state index >= 15 is 0 Å². The molecule has 15 heavy (non-hydrogen) atoms. The van der Waals surface area contributed by atoms with Crippen LogP contribution >= 0.6 is 11.8 Å². The zero-order valence-electron chi connectivity index (χ0n) is 7.49. The monoisotopic (exact) mass is 223 g/mol. The van der Waals surface area contributed by atoms with Crippen LogP contribution in [-0.4, -0.2) is 11.1 Å². The highest BCUT2D eigenvalue weighted by atomic mass is 32.2. The number of halogens is 1. The Labute approximate surface area is 89.4 Å². The molecule has 0 bridgehead atoms. The number of carbonyl (C=O) groups is 2. The molecule has 0 aliphatic carbocycles. The van der Waals surface area contributed by atoms with Crippen LogP contribution in [-0.2, 0) is 4.79 Å². The third-order valence-electron chi connectivity index (χ3n) is 1.79. The van der Waals surface area contributed by atoms with E-state index in [0.29, 0.717) is 5.56 Å². The molecule has 1 saturated heterocycles. The summed E-state index contributed by atoms with van der Waals surface area (Å²) in [6, 6.07) is 5.81. The van der Waals surface area contributed by atoms with Crippen molar-refractivity contribution in [3.8, 4) is 0 Å². The van der Waals surface area contributed by atoms with Gasteiger partial charge in [0.25, 0.3) is 11.1 Å². The van der Waals surface area contributed by atoms with Crippen molar-refractivity contribution in [2.45, 2.75) is 0 Å². The van der Waals surface area contributed by atoms with E-state index in [1.165, 1.54) is 18.2 Å². The Kier molecular flexibility index (Phi) is 2.55. The van der Waals surface area contributed by atoms with Gasteiger partial charge in [-0.15, -0.1) is 0 Å². The zero-order valence-corrected chi connectivity index (χ0v) is 8.31. The molecule has 1 N–H and O–H groups in total. The van der Waals surface area contributed by atoms with Crippen molar-refractivity contribution in [1.29, 1.82) is 0 Å². The maximum atomic E-state index is 12.8. The van der Waals surface area contributed by atoms with Crippen molar-refractivity contribution in [2.24, 2.45) is 0 Å². The molecule has 0 radical (unpaired) electrons. The summed E-state index contributed by atoms with van der Waals surface area (Å²) < 4.78 is 12.8. The summed E-state index contributed by atoms with van der Waals surface area (Å²) in [5.41, 5.74) is 0.558. The number of rotatable bonds is 1. The molecule has 2 amide bonds. The first-order valence-electron chi connectivity index (χ1n) is 4.15. The van der Waals surface area contributed by atoms with Crippen LogP contribution in [0.5, 0.6) is 0 Å². The van der Waals surface area contributed by atoms with Gasteiger partial charge in [-0.2, -0.15) is 0 Å². The second kappa shape index (κ2) is 3.86. The number of carbonyl (C=O) groups excluding carboxylic acids is 2. The number of amides is 2. The van der Waals surface area contributed by atoms with Crippen LogP contribution in [0.25, 0.3) is 6.08 Å². The van der Waals surface area contributed by atoms with E-state index in [-0.39, 0.29) is 10.7 Å². The molecule has 2 rings (SSSR count). The third kappa shape index (κ3) is 2.24. The molecule has 0 atom stereocenters. The minimum absolute atomic E-state index is 0.283. The van der Waals surface area contributed by atoms with Crippen molar-refractivity contribution >= 4 is 29.0 Å². The molecule has 1 aromatic rings. The van der Waals surface area contributed by atoms with Gasteiger partial charge in [-0.25, -0.2) is 4.39 Å². The van der Waals surface area contributed by atoms with Gasteiger partial charge in [-0.05, 0) is 35.5 Å². The maximum absolute atomic E-state index is 12.8. The van der Waals surface area contributed by atoms with Gasteiger partial charge in [0.2, 0.25) is 0 Å². The lowest BCUT2D eigenvalue weighted by molar-refractivity contribution is -0.115. The average molecular weight is 223 g/mol. The van der Waals surface area contributed by atoms with E-state index in [4.69, 9.17) is 0 Å². The molecular weight excluding hydrogens is 217 g/mol. The first-order valence-corrected chi connectivity index (χ1v) is 4.97. The van der Waals surface area contributed by atoms with Gasteiger partial charge in [-0.1, -0.05) is 12.1 Å². The number of hydrogen-bond donors (Lipinski definition) is 1. The van der Waals surface area contributed by atoms with Crippen molar-refractivity contribution in [1.82, 2.24) is 5.32 Å². The Morgan fingerprint density at radius 3 is 2.73 bits per heavy atom. The largest absolute Gasteiger partial charge is 0.290 e.